The van der Waals surface area contributed by atoms with Gasteiger partial charge in [-0.3, -0.25) is 14.5 Å². The van der Waals surface area contributed by atoms with Crippen molar-refractivity contribution < 1.29 is 9.59 Å². The van der Waals surface area contributed by atoms with Crippen LogP contribution >= 0.6 is 11.8 Å². The summed E-state index contributed by atoms with van der Waals surface area (Å²) in [7, 11) is 0. The molecule has 2 aliphatic rings. The van der Waals surface area contributed by atoms with Gasteiger partial charge in [0.15, 0.2) is 5.78 Å². The molecule has 0 aromatic heterocycles. The lowest BCUT2D eigenvalue weighted by atomic mass is 9.90. The van der Waals surface area contributed by atoms with Gasteiger partial charge >= 0.3 is 0 Å². The van der Waals surface area contributed by atoms with Crippen LogP contribution in [0.2, 0.25) is 0 Å². The Morgan fingerprint density at radius 2 is 1.76 bits per heavy atom. The lowest BCUT2D eigenvalue weighted by molar-refractivity contribution is -0.133. The Hall–Kier alpha value is -1.33. The highest BCUT2D eigenvalue weighted by Gasteiger charge is 2.28. The molecule has 0 N–H and O–H groups in total. The number of hydrogen-bond donors (Lipinski definition) is 0. The summed E-state index contributed by atoms with van der Waals surface area (Å²) >= 11 is 1.68. The maximum absolute atomic E-state index is 12.8. The largest absolute Gasteiger partial charge is 0.342 e. The Balaban J connectivity index is 1.56. The van der Waals surface area contributed by atoms with Crippen LogP contribution in [0.3, 0.4) is 0 Å². The molecule has 1 atom stereocenters. The summed E-state index contributed by atoms with van der Waals surface area (Å²) in [6, 6.07) is 7.90. The third-order valence-electron chi connectivity index (χ3n) is 5.32. The molecule has 4 nitrogen and oxygen atoms in total. The zero-order valence-electron chi connectivity index (χ0n) is 15.1. The van der Waals surface area contributed by atoms with E-state index in [1.165, 1.54) is 11.3 Å². The summed E-state index contributed by atoms with van der Waals surface area (Å²) in [5, 5.41) is 0. The molecule has 2 aliphatic heterocycles. The lowest BCUT2D eigenvalue weighted by Gasteiger charge is -2.34. The first-order chi connectivity index (χ1) is 12.2. The fraction of sp³-hybridized carbons (Fsp3) is 0.600. The minimum absolute atomic E-state index is 0.0167. The number of benzene rings is 1. The Morgan fingerprint density at radius 3 is 2.44 bits per heavy atom. The molecule has 1 aromatic carbocycles. The highest BCUT2D eigenvalue weighted by molar-refractivity contribution is 7.98. The molecule has 0 unspecified atom stereocenters. The van der Waals surface area contributed by atoms with Gasteiger partial charge in [-0.15, -0.1) is 11.8 Å². The fourth-order valence-electron chi connectivity index (χ4n) is 3.84. The van der Waals surface area contributed by atoms with E-state index in [1.807, 2.05) is 35.4 Å². The molecule has 1 amide bonds. The van der Waals surface area contributed by atoms with E-state index in [-0.39, 0.29) is 17.6 Å². The molecule has 0 radical (unpaired) electrons. The van der Waals surface area contributed by atoms with E-state index in [0.29, 0.717) is 13.1 Å². The maximum Gasteiger partial charge on any atom is 0.236 e. The van der Waals surface area contributed by atoms with Gasteiger partial charge in [-0.2, -0.15) is 0 Å². The summed E-state index contributed by atoms with van der Waals surface area (Å²) in [6.45, 7) is 3.90. The van der Waals surface area contributed by atoms with Crippen LogP contribution in [-0.4, -0.2) is 60.5 Å². The minimum atomic E-state index is 0.0167. The lowest BCUT2D eigenvalue weighted by Crippen LogP contribution is -2.46. The summed E-state index contributed by atoms with van der Waals surface area (Å²) in [5.74, 6) is 0.475. The number of ketones is 1. The first kappa shape index (κ1) is 18.5. The second-order valence-electron chi connectivity index (χ2n) is 7.11. The summed E-state index contributed by atoms with van der Waals surface area (Å²) < 4.78 is 0. The van der Waals surface area contributed by atoms with Crippen LogP contribution in [-0.2, 0) is 4.79 Å². The van der Waals surface area contributed by atoms with E-state index >= 15 is 0 Å². The molecule has 136 valence electrons. The van der Waals surface area contributed by atoms with Gasteiger partial charge in [0.05, 0.1) is 6.54 Å². The molecule has 2 saturated heterocycles. The number of likely N-dealkylation sites (tertiary alicyclic amines) is 2. The molecule has 0 aliphatic carbocycles. The first-order valence-corrected chi connectivity index (χ1v) is 10.6. The van der Waals surface area contributed by atoms with Gasteiger partial charge in [0.1, 0.15) is 0 Å². The second-order valence-corrected chi connectivity index (χ2v) is 7.99. The zero-order valence-corrected chi connectivity index (χ0v) is 15.9. The van der Waals surface area contributed by atoms with Crippen molar-refractivity contribution in [1.82, 2.24) is 9.80 Å². The summed E-state index contributed by atoms with van der Waals surface area (Å²) in [4.78, 5) is 30.6. The molecule has 0 bridgehead atoms. The van der Waals surface area contributed by atoms with Crippen molar-refractivity contribution in [2.45, 2.75) is 37.0 Å². The Kier molecular flexibility index (Phi) is 6.54. The highest BCUT2D eigenvalue weighted by atomic mass is 32.2. The Labute approximate surface area is 154 Å². The van der Waals surface area contributed by atoms with Gasteiger partial charge in [-0.1, -0.05) is 12.1 Å². The van der Waals surface area contributed by atoms with E-state index < -0.39 is 0 Å². The molecule has 3 rings (SSSR count). The molecule has 0 saturated carbocycles. The monoisotopic (exact) mass is 360 g/mol. The van der Waals surface area contributed by atoms with E-state index in [1.54, 1.807) is 11.8 Å². The van der Waals surface area contributed by atoms with E-state index in [2.05, 4.69) is 4.90 Å². The summed E-state index contributed by atoms with van der Waals surface area (Å²) in [5.41, 5.74) is 0.798. The molecule has 5 heteroatoms. The SMILES string of the molecule is CSc1ccc(C(=O)[C@H]2CCCN(CC(=O)N3CCCCC3)C2)cc1. The zero-order chi connectivity index (χ0) is 17.6. The van der Waals surface area contributed by atoms with Crippen molar-refractivity contribution in [1.29, 1.82) is 0 Å². The van der Waals surface area contributed by atoms with Crippen molar-refractivity contribution >= 4 is 23.5 Å². The van der Waals surface area contributed by atoms with Crippen molar-refractivity contribution in [3.63, 3.8) is 0 Å². The third kappa shape index (κ3) is 4.85. The third-order valence-corrected chi connectivity index (χ3v) is 6.06. The van der Waals surface area contributed by atoms with Gasteiger partial charge in [0.2, 0.25) is 5.91 Å². The normalized spacial score (nSPS) is 22.0. The molecule has 1 aromatic rings. The number of rotatable bonds is 5. The number of amides is 1. The van der Waals surface area contributed by atoms with Crippen LogP contribution in [0.5, 0.6) is 0 Å². The Bertz CT molecular complexity index is 596. The maximum atomic E-state index is 12.8. The van der Waals surface area contributed by atoms with Crippen LogP contribution in [0.25, 0.3) is 0 Å². The first-order valence-electron chi connectivity index (χ1n) is 9.36. The molecule has 2 heterocycles. The van der Waals surface area contributed by atoms with E-state index in [4.69, 9.17) is 0 Å². The highest BCUT2D eigenvalue weighted by Crippen LogP contribution is 2.23. The quantitative estimate of drug-likeness (QED) is 0.597. The molecular weight excluding hydrogens is 332 g/mol. The number of nitrogens with zero attached hydrogens (tertiary/aromatic N) is 2. The Morgan fingerprint density at radius 1 is 1.04 bits per heavy atom. The van der Waals surface area contributed by atoms with Crippen molar-refractivity contribution in [2.24, 2.45) is 5.92 Å². The topological polar surface area (TPSA) is 40.6 Å². The van der Waals surface area contributed by atoms with Crippen molar-refractivity contribution in [3.8, 4) is 0 Å². The fourth-order valence-corrected chi connectivity index (χ4v) is 4.25. The molecule has 25 heavy (non-hydrogen) atoms. The standard InChI is InChI=1S/C20H28N2O2S/c1-25-18-9-7-16(8-10-18)20(24)17-6-5-11-21(14-17)15-19(23)22-12-3-2-4-13-22/h7-10,17H,2-6,11-15H2,1H3/t17-/m0/s1. The predicted molar refractivity (Wildman–Crippen MR) is 102 cm³/mol. The molecule has 0 spiro atoms. The van der Waals surface area contributed by atoms with Gasteiger partial charge in [0, 0.05) is 36.0 Å². The van der Waals surface area contributed by atoms with Crippen LogP contribution < -0.4 is 0 Å². The number of thioether (sulfide) groups is 1. The van der Waals surface area contributed by atoms with Crippen LogP contribution in [0.1, 0.15) is 42.5 Å². The smallest absolute Gasteiger partial charge is 0.236 e. The number of piperidine rings is 2. The van der Waals surface area contributed by atoms with Crippen LogP contribution in [0, 0.1) is 5.92 Å². The second kappa shape index (κ2) is 8.86. The van der Waals surface area contributed by atoms with Gasteiger partial charge in [0.25, 0.3) is 0 Å². The van der Waals surface area contributed by atoms with Crippen molar-refractivity contribution in [3.05, 3.63) is 29.8 Å². The van der Waals surface area contributed by atoms with E-state index in [0.717, 1.165) is 50.9 Å². The van der Waals surface area contributed by atoms with Crippen molar-refractivity contribution in [2.75, 3.05) is 39.0 Å². The van der Waals surface area contributed by atoms with E-state index in [9.17, 15) is 9.59 Å². The summed E-state index contributed by atoms with van der Waals surface area (Å²) in [6.07, 6.45) is 7.44. The average Bonchev–Trinajstić information content (AvgIpc) is 2.68. The van der Waals surface area contributed by atoms with Gasteiger partial charge in [-0.25, -0.2) is 0 Å². The predicted octanol–water partition coefficient (Wildman–Crippen LogP) is 3.32. The number of hydrogen-bond acceptors (Lipinski definition) is 4. The average molecular weight is 361 g/mol. The van der Waals surface area contributed by atoms with Gasteiger partial charge < -0.3 is 4.90 Å². The van der Waals surface area contributed by atoms with Gasteiger partial charge in [-0.05, 0) is 57.0 Å². The van der Waals surface area contributed by atoms with Crippen LogP contribution in [0.4, 0.5) is 0 Å². The number of carbonyl (C=O) groups excluding carboxylic acids is 2. The van der Waals surface area contributed by atoms with Crippen LogP contribution in [0.15, 0.2) is 29.2 Å². The molecular formula is C20H28N2O2S. The minimum Gasteiger partial charge on any atom is -0.342 e. The number of carbonyl (C=O) groups is 2. The molecule has 2 fully saturated rings. The number of Topliss-reactive ketones (excluding diaryl/α,β-unsaturated/α-hetero) is 1.